The summed E-state index contributed by atoms with van der Waals surface area (Å²) < 4.78 is 12.6. The lowest BCUT2D eigenvalue weighted by molar-refractivity contribution is -0.150. The third kappa shape index (κ3) is 6.07. The molecule has 3 amide bonds. The predicted octanol–water partition coefficient (Wildman–Crippen LogP) is 4.16. The van der Waals surface area contributed by atoms with Crippen LogP contribution in [0.25, 0.3) is 0 Å². The molecule has 0 bridgehead atoms. The van der Waals surface area contributed by atoms with Crippen LogP contribution < -0.4 is 25.5 Å². The Kier molecular flexibility index (Phi) is 9.60. The minimum Gasteiger partial charge on any atom is -0.497 e. The predicted molar refractivity (Wildman–Crippen MR) is 200 cm³/mol. The van der Waals surface area contributed by atoms with Crippen LogP contribution in [0, 0.1) is 11.8 Å². The van der Waals surface area contributed by atoms with E-state index in [0.717, 1.165) is 47.5 Å². The number of ether oxygens (including phenoxy) is 2. The summed E-state index contributed by atoms with van der Waals surface area (Å²) in [6, 6.07) is 21.5. The number of piperidine rings is 1. The molecule has 2 saturated heterocycles. The first-order chi connectivity index (χ1) is 24.5. The van der Waals surface area contributed by atoms with E-state index in [2.05, 4.69) is 48.9 Å². The number of carbonyl (C=O) groups is 3. The van der Waals surface area contributed by atoms with Gasteiger partial charge in [-0.05, 0) is 72.8 Å². The molecular weight excluding hydrogens is 661 g/mol. The molecule has 1 unspecified atom stereocenters. The van der Waals surface area contributed by atoms with Crippen LogP contribution in [0.2, 0.25) is 18.6 Å². The van der Waals surface area contributed by atoms with Crippen LogP contribution >= 0.6 is 0 Å². The molecule has 10 nitrogen and oxygen atoms in total. The summed E-state index contributed by atoms with van der Waals surface area (Å²) in [4.78, 5) is 45.8. The fraction of sp³-hybridized carbons (Fsp3) is 0.475. The molecule has 7 rings (SSSR count). The van der Waals surface area contributed by atoms with E-state index in [1.165, 1.54) is 5.19 Å². The van der Waals surface area contributed by atoms with Crippen LogP contribution in [-0.4, -0.2) is 81.8 Å². The Morgan fingerprint density at radius 2 is 1.84 bits per heavy atom. The zero-order chi connectivity index (χ0) is 36.1. The number of carbonyl (C=O) groups excluding carboxylic acids is 3. The van der Waals surface area contributed by atoms with Crippen molar-refractivity contribution in [2.45, 2.75) is 75.5 Å². The molecule has 6 atom stereocenters. The number of amides is 3. The summed E-state index contributed by atoms with van der Waals surface area (Å²) in [5, 5.41) is 18.0. The zero-order valence-electron chi connectivity index (χ0n) is 30.3. The summed E-state index contributed by atoms with van der Waals surface area (Å²) in [5.74, 6) is 0.0632. The van der Waals surface area contributed by atoms with Crippen molar-refractivity contribution in [1.29, 1.82) is 0 Å². The molecule has 11 heteroatoms. The number of aliphatic hydroxyl groups is 1. The number of nitrogens with zero attached hydrogens (tertiary/aromatic N) is 2. The van der Waals surface area contributed by atoms with Gasteiger partial charge in [0.2, 0.25) is 11.8 Å². The first kappa shape index (κ1) is 35.4. The summed E-state index contributed by atoms with van der Waals surface area (Å²) >= 11 is 0. The van der Waals surface area contributed by atoms with Gasteiger partial charge in [0.25, 0.3) is 5.91 Å². The average Bonchev–Trinajstić information content (AvgIpc) is 3.56. The smallest absolute Gasteiger partial charge is 0.264 e. The topological polar surface area (TPSA) is 120 Å². The quantitative estimate of drug-likeness (QED) is 0.301. The molecule has 51 heavy (non-hydrogen) atoms. The van der Waals surface area contributed by atoms with E-state index in [-0.39, 0.29) is 54.2 Å². The number of nitrogens with one attached hydrogen (secondary N) is 2. The maximum Gasteiger partial charge on any atom is 0.264 e. The monoisotopic (exact) mass is 710 g/mol. The SMILES string of the molecule is COc1ccc([Si](C)(C)[C@@H]2[C@@H](CC(=O)N3Cc4ccccc4C[C@H]3CO)O[C@]3(C(=O)N(C)c4ccc(NC(=O)C5CCCNC5)cc43)[C@H]2C)cc1. The van der Waals surface area contributed by atoms with Crippen LogP contribution in [0.3, 0.4) is 0 Å². The molecule has 4 aliphatic rings. The molecule has 0 saturated carbocycles. The van der Waals surface area contributed by atoms with Crippen molar-refractivity contribution in [3.63, 3.8) is 0 Å². The van der Waals surface area contributed by atoms with Crippen LogP contribution in [0.4, 0.5) is 11.4 Å². The van der Waals surface area contributed by atoms with Gasteiger partial charge in [-0.25, -0.2) is 0 Å². The number of hydrogen-bond acceptors (Lipinski definition) is 7. The van der Waals surface area contributed by atoms with E-state index < -0.39 is 19.8 Å². The van der Waals surface area contributed by atoms with Crippen LogP contribution in [0.15, 0.2) is 66.7 Å². The lowest BCUT2D eigenvalue weighted by Gasteiger charge is -2.39. The second-order valence-electron chi connectivity index (χ2n) is 15.3. The fourth-order valence-electron chi connectivity index (χ4n) is 9.35. The Morgan fingerprint density at radius 1 is 1.10 bits per heavy atom. The van der Waals surface area contributed by atoms with Gasteiger partial charge in [0, 0.05) is 37.3 Å². The summed E-state index contributed by atoms with van der Waals surface area (Å²) in [6.45, 7) is 8.53. The van der Waals surface area contributed by atoms with Crippen molar-refractivity contribution in [2.24, 2.45) is 11.8 Å². The largest absolute Gasteiger partial charge is 0.497 e. The first-order valence-electron chi connectivity index (χ1n) is 18.2. The van der Waals surface area contributed by atoms with Crippen LogP contribution in [0.1, 0.15) is 42.9 Å². The number of likely N-dealkylation sites (N-methyl/N-ethyl adjacent to an activating group) is 1. The van der Waals surface area contributed by atoms with Gasteiger partial charge >= 0.3 is 0 Å². The standard InChI is InChI=1S/C40H50N4O6Si/c1-25-37(51(4,5)32-15-13-31(49-3)14-16-32)35(21-36(46)44-23-28-10-7-6-9-26(28)19-30(44)24-45)50-40(25)33-20-29(12-17-34(33)43(2)39(40)48)42-38(47)27-11-8-18-41-22-27/h6-7,9-10,12-17,20,25,27,30,35,37,41,45H,8,11,18-19,21-24H2,1-5H3,(H,42,47)/t25-,27?,30-,35+,37-,40+/m0/s1. The molecule has 270 valence electrons. The number of methoxy groups -OCH3 is 1. The first-order valence-corrected chi connectivity index (χ1v) is 21.3. The van der Waals surface area contributed by atoms with Crippen molar-refractivity contribution in [2.75, 3.05) is 44.1 Å². The molecule has 3 aromatic carbocycles. The second kappa shape index (κ2) is 13.8. The van der Waals surface area contributed by atoms with E-state index in [4.69, 9.17) is 9.47 Å². The minimum absolute atomic E-state index is 0.0368. The molecule has 0 radical (unpaired) electrons. The van der Waals surface area contributed by atoms with Gasteiger partial charge in [0.1, 0.15) is 5.75 Å². The van der Waals surface area contributed by atoms with Crippen molar-refractivity contribution >= 4 is 42.4 Å². The van der Waals surface area contributed by atoms with Crippen LogP contribution in [0.5, 0.6) is 5.75 Å². The van der Waals surface area contributed by atoms with Crippen molar-refractivity contribution in [3.8, 4) is 5.75 Å². The molecule has 3 aromatic rings. The van der Waals surface area contributed by atoms with Gasteiger partial charge in [-0.3, -0.25) is 14.4 Å². The number of fused-ring (bicyclic) bond motifs is 3. The summed E-state index contributed by atoms with van der Waals surface area (Å²) in [6.07, 6.45) is 1.88. The number of aliphatic hydroxyl groups excluding tert-OH is 1. The molecule has 3 N–H and O–H groups in total. The number of rotatable bonds is 8. The number of benzene rings is 3. The van der Waals surface area contributed by atoms with E-state index in [1.54, 1.807) is 24.0 Å². The van der Waals surface area contributed by atoms with E-state index in [1.807, 2.05) is 48.5 Å². The molecule has 4 heterocycles. The highest BCUT2D eigenvalue weighted by atomic mass is 28.3. The number of hydrogen-bond donors (Lipinski definition) is 3. The summed E-state index contributed by atoms with van der Waals surface area (Å²) in [5.41, 5.74) is 2.85. The van der Waals surface area contributed by atoms with Gasteiger partial charge < -0.3 is 35.0 Å². The highest BCUT2D eigenvalue weighted by Crippen LogP contribution is 2.60. The van der Waals surface area contributed by atoms with Crippen molar-refractivity contribution < 1.29 is 29.0 Å². The highest BCUT2D eigenvalue weighted by molar-refractivity contribution is 6.91. The summed E-state index contributed by atoms with van der Waals surface area (Å²) in [7, 11) is 0.938. The molecule has 0 aliphatic carbocycles. The second-order valence-corrected chi connectivity index (χ2v) is 20.0. The highest BCUT2D eigenvalue weighted by Gasteiger charge is 2.66. The van der Waals surface area contributed by atoms with E-state index in [0.29, 0.717) is 25.2 Å². The third-order valence-corrected chi connectivity index (χ3v) is 16.5. The van der Waals surface area contributed by atoms with E-state index in [9.17, 15) is 19.5 Å². The van der Waals surface area contributed by atoms with Gasteiger partial charge in [-0.15, -0.1) is 0 Å². The van der Waals surface area contributed by atoms with Gasteiger partial charge in [-0.2, -0.15) is 0 Å². The Bertz CT molecular complexity index is 1810. The van der Waals surface area contributed by atoms with Crippen LogP contribution in [-0.2, 0) is 37.7 Å². The normalized spacial score (nSPS) is 27.3. The fourth-order valence-corrected chi connectivity index (χ4v) is 13.4. The van der Waals surface area contributed by atoms with E-state index >= 15 is 0 Å². The van der Waals surface area contributed by atoms with Gasteiger partial charge in [0.15, 0.2) is 5.60 Å². The van der Waals surface area contributed by atoms with Crippen molar-refractivity contribution in [1.82, 2.24) is 10.2 Å². The lowest BCUT2D eigenvalue weighted by Crippen LogP contribution is -2.52. The molecule has 0 aromatic heterocycles. The average molecular weight is 711 g/mol. The number of anilines is 2. The Labute approximate surface area is 301 Å². The molecule has 2 fully saturated rings. The Hall–Kier alpha value is -4.03. The Balaban J connectivity index is 1.26. The zero-order valence-corrected chi connectivity index (χ0v) is 31.3. The molecular formula is C40H50N4O6Si. The maximum absolute atomic E-state index is 14.6. The Morgan fingerprint density at radius 3 is 2.53 bits per heavy atom. The lowest BCUT2D eigenvalue weighted by atomic mass is 9.82. The molecule has 4 aliphatic heterocycles. The van der Waals surface area contributed by atoms with Gasteiger partial charge in [0.05, 0.1) is 52.0 Å². The molecule has 1 spiro atoms. The van der Waals surface area contributed by atoms with Gasteiger partial charge in [-0.1, -0.05) is 61.6 Å². The third-order valence-electron chi connectivity index (χ3n) is 12.2. The minimum atomic E-state index is -2.48. The van der Waals surface area contributed by atoms with Crippen molar-refractivity contribution in [3.05, 3.63) is 83.4 Å². The maximum atomic E-state index is 14.6.